The van der Waals surface area contributed by atoms with Gasteiger partial charge in [-0.05, 0) is 43.4 Å². The second-order valence-corrected chi connectivity index (χ2v) is 6.14. The molecule has 2 rings (SSSR count). The quantitative estimate of drug-likeness (QED) is 0.528. The number of ether oxygens (including phenoxy) is 1. The van der Waals surface area contributed by atoms with Crippen molar-refractivity contribution in [3.63, 3.8) is 0 Å². The van der Waals surface area contributed by atoms with E-state index in [2.05, 4.69) is 6.92 Å². The lowest BCUT2D eigenvalue weighted by Gasteiger charge is -2.17. The highest BCUT2D eigenvalue weighted by Crippen LogP contribution is 2.46. The molecule has 0 heterocycles. The monoisotopic (exact) mass is 327 g/mol. The molecule has 0 atom stereocenters. The molecular formula is C18H24F3NO. The predicted octanol–water partition coefficient (Wildman–Crippen LogP) is 5.17. The summed E-state index contributed by atoms with van der Waals surface area (Å²) in [5, 5.41) is 0. The highest BCUT2D eigenvalue weighted by atomic mass is 19.4. The Balaban J connectivity index is 2.00. The summed E-state index contributed by atoms with van der Waals surface area (Å²) in [6.45, 7) is 2.27. The largest absolute Gasteiger partial charge is 0.489 e. The van der Waals surface area contributed by atoms with Crippen molar-refractivity contribution in [2.24, 2.45) is 5.73 Å². The number of halogens is 3. The van der Waals surface area contributed by atoms with E-state index in [4.69, 9.17) is 10.5 Å². The Morgan fingerprint density at radius 3 is 2.57 bits per heavy atom. The van der Waals surface area contributed by atoms with Crippen molar-refractivity contribution in [1.29, 1.82) is 0 Å². The van der Waals surface area contributed by atoms with Crippen LogP contribution in [0.15, 0.2) is 30.4 Å². The van der Waals surface area contributed by atoms with Crippen LogP contribution >= 0.6 is 0 Å². The number of hydrogen-bond acceptors (Lipinski definition) is 2. The van der Waals surface area contributed by atoms with Crippen LogP contribution in [0.25, 0.3) is 0 Å². The zero-order chi connectivity index (χ0) is 16.9. The topological polar surface area (TPSA) is 35.2 Å². The third-order valence-electron chi connectivity index (χ3n) is 4.12. The SMILES string of the molecule is CCCCC/C=C/COc1ccc(C2(N)CC2)cc1C(F)(F)F. The minimum absolute atomic E-state index is 0.135. The normalized spacial score (nSPS) is 16.7. The summed E-state index contributed by atoms with van der Waals surface area (Å²) in [6, 6.07) is 4.16. The molecule has 1 aliphatic rings. The van der Waals surface area contributed by atoms with E-state index >= 15 is 0 Å². The van der Waals surface area contributed by atoms with Crippen LogP contribution in [-0.4, -0.2) is 6.61 Å². The molecule has 5 heteroatoms. The van der Waals surface area contributed by atoms with Crippen molar-refractivity contribution in [3.05, 3.63) is 41.5 Å². The molecule has 23 heavy (non-hydrogen) atoms. The van der Waals surface area contributed by atoms with Crippen LogP contribution in [-0.2, 0) is 11.7 Å². The molecule has 0 unspecified atom stereocenters. The van der Waals surface area contributed by atoms with Crippen molar-refractivity contribution >= 4 is 0 Å². The van der Waals surface area contributed by atoms with Gasteiger partial charge >= 0.3 is 6.18 Å². The molecule has 0 radical (unpaired) electrons. The number of alkyl halides is 3. The molecule has 2 N–H and O–H groups in total. The van der Waals surface area contributed by atoms with Gasteiger partial charge in [-0.1, -0.05) is 38.0 Å². The molecule has 2 nitrogen and oxygen atoms in total. The van der Waals surface area contributed by atoms with Crippen molar-refractivity contribution in [2.45, 2.75) is 57.2 Å². The van der Waals surface area contributed by atoms with Crippen LogP contribution in [0.3, 0.4) is 0 Å². The van der Waals surface area contributed by atoms with Gasteiger partial charge in [0.05, 0.1) is 5.56 Å². The molecule has 1 saturated carbocycles. The van der Waals surface area contributed by atoms with E-state index in [9.17, 15) is 13.2 Å². The smallest absolute Gasteiger partial charge is 0.419 e. The van der Waals surface area contributed by atoms with E-state index in [-0.39, 0.29) is 12.4 Å². The first-order chi connectivity index (χ1) is 10.9. The standard InChI is InChI=1S/C18H24F3NO/c1-2-3-4-5-6-7-12-23-16-9-8-14(17(22)10-11-17)13-15(16)18(19,20)21/h6-9,13H,2-5,10-12,22H2,1H3/b7-6+. The van der Waals surface area contributed by atoms with Crippen LogP contribution in [0.2, 0.25) is 0 Å². The lowest BCUT2D eigenvalue weighted by atomic mass is 10.0. The van der Waals surface area contributed by atoms with Crippen molar-refractivity contribution in [2.75, 3.05) is 6.61 Å². The van der Waals surface area contributed by atoms with Crippen LogP contribution in [0.4, 0.5) is 13.2 Å². The maximum atomic E-state index is 13.2. The van der Waals surface area contributed by atoms with Crippen LogP contribution in [0.5, 0.6) is 5.75 Å². The molecule has 0 amide bonds. The van der Waals surface area contributed by atoms with Gasteiger partial charge in [0, 0.05) is 5.54 Å². The molecular weight excluding hydrogens is 303 g/mol. The summed E-state index contributed by atoms with van der Waals surface area (Å²) in [5.41, 5.74) is 5.19. The number of rotatable bonds is 8. The second kappa shape index (κ2) is 7.39. The highest BCUT2D eigenvalue weighted by Gasteiger charge is 2.42. The molecule has 0 aromatic heterocycles. The molecule has 1 aromatic rings. The molecule has 0 aliphatic heterocycles. The third-order valence-corrected chi connectivity index (χ3v) is 4.12. The van der Waals surface area contributed by atoms with Crippen molar-refractivity contribution < 1.29 is 17.9 Å². The molecule has 0 bridgehead atoms. The Morgan fingerprint density at radius 1 is 1.22 bits per heavy atom. The molecule has 0 saturated heterocycles. The minimum Gasteiger partial charge on any atom is -0.489 e. The number of unbranched alkanes of at least 4 members (excludes halogenated alkanes) is 3. The maximum Gasteiger partial charge on any atom is 0.419 e. The first-order valence-corrected chi connectivity index (χ1v) is 8.15. The lowest BCUT2D eigenvalue weighted by molar-refractivity contribution is -0.138. The average molecular weight is 327 g/mol. The Kier molecular flexibility index (Phi) is 5.74. The van der Waals surface area contributed by atoms with Crippen LogP contribution < -0.4 is 10.5 Å². The third kappa shape index (κ3) is 4.99. The second-order valence-electron chi connectivity index (χ2n) is 6.14. The minimum atomic E-state index is -4.44. The van der Waals surface area contributed by atoms with E-state index in [1.807, 2.05) is 6.08 Å². The first-order valence-electron chi connectivity index (χ1n) is 8.15. The van der Waals surface area contributed by atoms with E-state index in [0.29, 0.717) is 5.56 Å². The predicted molar refractivity (Wildman–Crippen MR) is 85.3 cm³/mol. The lowest BCUT2D eigenvalue weighted by Crippen LogP contribution is -2.20. The summed E-state index contributed by atoms with van der Waals surface area (Å²) in [4.78, 5) is 0. The van der Waals surface area contributed by atoms with Gasteiger partial charge in [0.2, 0.25) is 0 Å². The molecule has 1 fully saturated rings. The van der Waals surface area contributed by atoms with Gasteiger partial charge in [-0.2, -0.15) is 13.2 Å². The number of benzene rings is 1. The first kappa shape index (κ1) is 17.9. The number of nitrogens with two attached hydrogens (primary N) is 1. The van der Waals surface area contributed by atoms with Gasteiger partial charge in [0.25, 0.3) is 0 Å². The number of allylic oxidation sites excluding steroid dienone is 1. The maximum absolute atomic E-state index is 13.2. The molecule has 1 aromatic carbocycles. The summed E-state index contributed by atoms with van der Waals surface area (Å²) in [5.74, 6) is -0.135. The highest BCUT2D eigenvalue weighted by molar-refractivity contribution is 5.43. The number of hydrogen-bond donors (Lipinski definition) is 1. The van der Waals surface area contributed by atoms with E-state index in [1.54, 1.807) is 12.1 Å². The van der Waals surface area contributed by atoms with Gasteiger partial charge in [-0.15, -0.1) is 0 Å². The average Bonchev–Trinajstić information content (AvgIpc) is 3.24. The molecule has 128 valence electrons. The summed E-state index contributed by atoms with van der Waals surface area (Å²) < 4.78 is 44.9. The van der Waals surface area contributed by atoms with E-state index in [1.165, 1.54) is 6.07 Å². The van der Waals surface area contributed by atoms with Crippen LogP contribution in [0, 0.1) is 0 Å². The molecule has 1 aliphatic carbocycles. The fourth-order valence-corrected chi connectivity index (χ4v) is 2.45. The van der Waals surface area contributed by atoms with Gasteiger partial charge in [-0.25, -0.2) is 0 Å². The van der Waals surface area contributed by atoms with E-state index < -0.39 is 17.3 Å². The summed E-state index contributed by atoms with van der Waals surface area (Å²) in [6.07, 6.45) is 5.06. The van der Waals surface area contributed by atoms with E-state index in [0.717, 1.165) is 44.6 Å². The Bertz CT molecular complexity index is 548. The zero-order valence-corrected chi connectivity index (χ0v) is 13.5. The fraction of sp³-hybridized carbons (Fsp3) is 0.556. The van der Waals surface area contributed by atoms with Crippen molar-refractivity contribution in [3.8, 4) is 5.75 Å². The molecule has 0 spiro atoms. The van der Waals surface area contributed by atoms with Crippen molar-refractivity contribution in [1.82, 2.24) is 0 Å². The van der Waals surface area contributed by atoms with Gasteiger partial charge in [0.15, 0.2) is 0 Å². The van der Waals surface area contributed by atoms with Crippen LogP contribution in [0.1, 0.15) is 56.6 Å². The Hall–Kier alpha value is -1.49. The van der Waals surface area contributed by atoms with Gasteiger partial charge < -0.3 is 10.5 Å². The Labute approximate surface area is 135 Å². The van der Waals surface area contributed by atoms with Gasteiger partial charge in [-0.3, -0.25) is 0 Å². The van der Waals surface area contributed by atoms with Gasteiger partial charge in [0.1, 0.15) is 12.4 Å². The Morgan fingerprint density at radius 2 is 1.96 bits per heavy atom. The summed E-state index contributed by atoms with van der Waals surface area (Å²) >= 11 is 0. The zero-order valence-electron chi connectivity index (χ0n) is 13.5. The summed E-state index contributed by atoms with van der Waals surface area (Å²) in [7, 11) is 0. The fourth-order valence-electron chi connectivity index (χ4n) is 2.45.